The molecule has 4 nitrogen and oxygen atoms in total. The van der Waals surface area contributed by atoms with Gasteiger partial charge in [-0.3, -0.25) is 0 Å². The van der Waals surface area contributed by atoms with Gasteiger partial charge in [-0.25, -0.2) is 8.42 Å². The third kappa shape index (κ3) is 3.16. The van der Waals surface area contributed by atoms with Gasteiger partial charge in [-0.05, 0) is 38.3 Å². The third-order valence-electron chi connectivity index (χ3n) is 3.66. The first-order valence-corrected chi connectivity index (χ1v) is 8.19. The van der Waals surface area contributed by atoms with E-state index in [2.05, 4.69) is 0 Å². The molecule has 1 aromatic carbocycles. The van der Waals surface area contributed by atoms with Crippen molar-refractivity contribution in [2.24, 2.45) is 0 Å². The first-order valence-electron chi connectivity index (χ1n) is 6.75. The molecule has 0 amide bonds. The molecule has 0 aromatic heterocycles. The predicted molar refractivity (Wildman–Crippen MR) is 74.4 cm³/mol. The summed E-state index contributed by atoms with van der Waals surface area (Å²) in [6.07, 6.45) is 3.29. The standard InChI is InChI=1S/C14H21NO3S/c1-12-5-7-14(8-6-12)19(17,18)15-10-3-2-4-13(15)9-11-16/h5-8,13,16H,2-4,9-11H2,1H3/t13-/m0/s1. The number of aliphatic hydroxyl groups excluding tert-OH is 1. The normalized spacial score (nSPS) is 21.5. The monoisotopic (exact) mass is 283 g/mol. The molecule has 5 heteroatoms. The molecule has 1 fully saturated rings. The van der Waals surface area contributed by atoms with Crippen molar-refractivity contribution in [3.8, 4) is 0 Å². The number of rotatable bonds is 4. The highest BCUT2D eigenvalue weighted by molar-refractivity contribution is 7.89. The van der Waals surface area contributed by atoms with Crippen molar-refractivity contribution in [1.29, 1.82) is 0 Å². The Morgan fingerprint density at radius 3 is 2.58 bits per heavy atom. The van der Waals surface area contributed by atoms with E-state index in [1.807, 2.05) is 19.1 Å². The number of aliphatic hydroxyl groups is 1. The van der Waals surface area contributed by atoms with Gasteiger partial charge in [-0.2, -0.15) is 4.31 Å². The number of aryl methyl sites for hydroxylation is 1. The summed E-state index contributed by atoms with van der Waals surface area (Å²) < 4.78 is 26.8. The Bertz CT molecular complexity index is 508. The Hall–Kier alpha value is -0.910. The average molecular weight is 283 g/mol. The Labute approximate surface area is 115 Å². The molecule has 0 bridgehead atoms. The zero-order valence-electron chi connectivity index (χ0n) is 11.2. The van der Waals surface area contributed by atoms with Crippen LogP contribution >= 0.6 is 0 Å². The Kier molecular flexibility index (Phi) is 4.60. The number of benzene rings is 1. The van der Waals surface area contributed by atoms with Crippen molar-refractivity contribution in [2.45, 2.75) is 43.5 Å². The maximum Gasteiger partial charge on any atom is 0.243 e. The summed E-state index contributed by atoms with van der Waals surface area (Å²) in [6.45, 7) is 2.53. The fourth-order valence-electron chi connectivity index (χ4n) is 2.57. The number of nitrogens with zero attached hydrogens (tertiary/aromatic N) is 1. The fourth-order valence-corrected chi connectivity index (χ4v) is 4.30. The van der Waals surface area contributed by atoms with Crippen LogP contribution in [0.5, 0.6) is 0 Å². The average Bonchev–Trinajstić information content (AvgIpc) is 2.40. The van der Waals surface area contributed by atoms with Gasteiger partial charge in [0.1, 0.15) is 0 Å². The lowest BCUT2D eigenvalue weighted by Gasteiger charge is -2.34. The lowest BCUT2D eigenvalue weighted by atomic mass is 10.0. The second-order valence-electron chi connectivity index (χ2n) is 5.09. The summed E-state index contributed by atoms with van der Waals surface area (Å²) in [7, 11) is -3.43. The van der Waals surface area contributed by atoms with Gasteiger partial charge in [-0.1, -0.05) is 24.1 Å². The Morgan fingerprint density at radius 2 is 1.95 bits per heavy atom. The predicted octanol–water partition coefficient (Wildman–Crippen LogP) is 1.92. The van der Waals surface area contributed by atoms with E-state index in [4.69, 9.17) is 5.11 Å². The van der Waals surface area contributed by atoms with Crippen molar-refractivity contribution in [1.82, 2.24) is 4.31 Å². The van der Waals surface area contributed by atoms with Crippen LogP contribution in [0.4, 0.5) is 0 Å². The molecule has 0 spiro atoms. The van der Waals surface area contributed by atoms with Gasteiger partial charge >= 0.3 is 0 Å². The number of sulfonamides is 1. The molecule has 1 N–H and O–H groups in total. The van der Waals surface area contributed by atoms with E-state index in [1.54, 1.807) is 16.4 Å². The molecule has 106 valence electrons. The molecule has 19 heavy (non-hydrogen) atoms. The Morgan fingerprint density at radius 1 is 1.26 bits per heavy atom. The first-order chi connectivity index (χ1) is 9.05. The van der Waals surface area contributed by atoms with Crippen LogP contribution in [-0.4, -0.2) is 37.0 Å². The van der Waals surface area contributed by atoms with Gasteiger partial charge < -0.3 is 5.11 Å². The molecule has 1 saturated heterocycles. The zero-order chi connectivity index (χ0) is 13.9. The first kappa shape index (κ1) is 14.5. The summed E-state index contributed by atoms with van der Waals surface area (Å²) in [5, 5.41) is 9.09. The summed E-state index contributed by atoms with van der Waals surface area (Å²) >= 11 is 0. The summed E-state index contributed by atoms with van der Waals surface area (Å²) in [5.41, 5.74) is 1.05. The van der Waals surface area contributed by atoms with Crippen LogP contribution in [0, 0.1) is 6.92 Å². The van der Waals surface area contributed by atoms with Gasteiger partial charge in [0.05, 0.1) is 4.90 Å². The maximum atomic E-state index is 12.6. The molecule has 1 aliphatic rings. The smallest absolute Gasteiger partial charge is 0.243 e. The molecule has 0 radical (unpaired) electrons. The number of piperidine rings is 1. The van der Waals surface area contributed by atoms with Crippen molar-refractivity contribution >= 4 is 10.0 Å². The molecule has 1 heterocycles. The van der Waals surface area contributed by atoms with E-state index < -0.39 is 10.0 Å². The molecule has 1 aromatic rings. The van der Waals surface area contributed by atoms with Crippen LogP contribution in [0.15, 0.2) is 29.2 Å². The van der Waals surface area contributed by atoms with Crippen LogP contribution in [0.25, 0.3) is 0 Å². The topological polar surface area (TPSA) is 57.6 Å². The Balaban J connectivity index is 2.28. The third-order valence-corrected chi connectivity index (χ3v) is 5.63. The van der Waals surface area contributed by atoms with Gasteiger partial charge in [0.2, 0.25) is 10.0 Å². The SMILES string of the molecule is Cc1ccc(S(=O)(=O)N2CCCC[C@H]2CCO)cc1. The highest BCUT2D eigenvalue weighted by atomic mass is 32.2. The molecule has 0 aliphatic carbocycles. The molecular formula is C14H21NO3S. The minimum Gasteiger partial charge on any atom is -0.396 e. The molecule has 0 saturated carbocycles. The van der Waals surface area contributed by atoms with Crippen molar-refractivity contribution in [3.63, 3.8) is 0 Å². The minimum absolute atomic E-state index is 0.0323. The summed E-state index contributed by atoms with van der Waals surface area (Å²) in [6, 6.07) is 6.89. The van der Waals surface area contributed by atoms with Crippen LogP contribution in [0.3, 0.4) is 0 Å². The van der Waals surface area contributed by atoms with Gasteiger partial charge in [-0.15, -0.1) is 0 Å². The van der Waals surface area contributed by atoms with Gasteiger partial charge in [0, 0.05) is 19.2 Å². The van der Waals surface area contributed by atoms with Crippen molar-refractivity contribution in [3.05, 3.63) is 29.8 Å². The van der Waals surface area contributed by atoms with Crippen LogP contribution in [0.2, 0.25) is 0 Å². The second-order valence-corrected chi connectivity index (χ2v) is 6.98. The van der Waals surface area contributed by atoms with E-state index in [9.17, 15) is 8.42 Å². The highest BCUT2D eigenvalue weighted by Crippen LogP contribution is 2.27. The van der Waals surface area contributed by atoms with E-state index >= 15 is 0 Å². The van der Waals surface area contributed by atoms with Crippen molar-refractivity contribution in [2.75, 3.05) is 13.2 Å². The molecule has 1 aliphatic heterocycles. The number of hydrogen-bond donors (Lipinski definition) is 1. The lowest BCUT2D eigenvalue weighted by molar-refractivity contribution is 0.192. The quantitative estimate of drug-likeness (QED) is 0.918. The summed E-state index contributed by atoms with van der Waals surface area (Å²) in [5.74, 6) is 0. The molecule has 0 unspecified atom stereocenters. The van der Waals surface area contributed by atoms with Crippen LogP contribution in [0.1, 0.15) is 31.2 Å². The molecule has 1 atom stereocenters. The minimum atomic E-state index is -3.43. The highest BCUT2D eigenvalue weighted by Gasteiger charge is 2.32. The largest absolute Gasteiger partial charge is 0.396 e. The fraction of sp³-hybridized carbons (Fsp3) is 0.571. The van der Waals surface area contributed by atoms with Crippen LogP contribution < -0.4 is 0 Å². The van der Waals surface area contributed by atoms with E-state index in [-0.39, 0.29) is 12.6 Å². The van der Waals surface area contributed by atoms with E-state index in [0.717, 1.165) is 24.8 Å². The van der Waals surface area contributed by atoms with Gasteiger partial charge in [0.25, 0.3) is 0 Å². The summed E-state index contributed by atoms with van der Waals surface area (Å²) in [4.78, 5) is 0.350. The number of hydrogen-bond acceptors (Lipinski definition) is 3. The maximum absolute atomic E-state index is 12.6. The van der Waals surface area contributed by atoms with Gasteiger partial charge in [0.15, 0.2) is 0 Å². The van der Waals surface area contributed by atoms with E-state index in [0.29, 0.717) is 17.9 Å². The molecular weight excluding hydrogens is 262 g/mol. The second kappa shape index (κ2) is 6.03. The van der Waals surface area contributed by atoms with E-state index in [1.165, 1.54) is 0 Å². The lowest BCUT2D eigenvalue weighted by Crippen LogP contribution is -2.44. The van der Waals surface area contributed by atoms with Crippen molar-refractivity contribution < 1.29 is 13.5 Å². The van der Waals surface area contributed by atoms with Crippen LogP contribution in [-0.2, 0) is 10.0 Å². The molecule has 2 rings (SSSR count). The zero-order valence-corrected chi connectivity index (χ0v) is 12.1.